The van der Waals surface area contributed by atoms with Crippen LogP contribution < -0.4 is 10.2 Å². The Bertz CT molecular complexity index is 304. The first-order valence-electron chi connectivity index (χ1n) is 4.44. The summed E-state index contributed by atoms with van der Waals surface area (Å²) in [6, 6.07) is 4.28. The van der Waals surface area contributed by atoms with Crippen LogP contribution in [0.2, 0.25) is 0 Å². The third kappa shape index (κ3) is 2.46. The molecule has 0 unspecified atom stereocenters. The van der Waals surface area contributed by atoms with Crippen LogP contribution in [0.4, 0.5) is 4.39 Å². The Morgan fingerprint density at radius 2 is 2.14 bits per heavy atom. The Hall–Kier alpha value is -1.07. The number of halogens is 1. The van der Waals surface area contributed by atoms with Gasteiger partial charge in [-0.1, -0.05) is 19.1 Å². The molecular weight excluding hydrogens is 186 g/mol. The fourth-order valence-electron chi connectivity index (χ4n) is 1.05. The van der Waals surface area contributed by atoms with Crippen LogP contribution in [-0.4, -0.2) is 23.8 Å². The normalized spacial score (nSPS) is 10.0. The molecule has 0 radical (unpaired) electrons. The van der Waals surface area contributed by atoms with Gasteiger partial charge in [0.1, 0.15) is 0 Å². The van der Waals surface area contributed by atoms with Crippen LogP contribution in [0.15, 0.2) is 18.2 Å². The molecule has 0 atom stereocenters. The first-order valence-corrected chi connectivity index (χ1v) is 4.44. The SMILES string of the molecule is CCCOc1cccc(B(O)O)c1F. The Labute approximate surface area is 82.3 Å². The van der Waals surface area contributed by atoms with Crippen molar-refractivity contribution < 1.29 is 19.2 Å². The van der Waals surface area contributed by atoms with E-state index < -0.39 is 12.9 Å². The lowest BCUT2D eigenvalue weighted by Crippen LogP contribution is -2.32. The number of rotatable bonds is 4. The lowest BCUT2D eigenvalue weighted by molar-refractivity contribution is 0.301. The monoisotopic (exact) mass is 198 g/mol. The first kappa shape index (κ1) is 11.0. The summed E-state index contributed by atoms with van der Waals surface area (Å²) in [7, 11) is -1.81. The molecule has 0 bridgehead atoms. The van der Waals surface area contributed by atoms with E-state index in [-0.39, 0.29) is 11.2 Å². The quantitative estimate of drug-likeness (QED) is 0.683. The largest absolute Gasteiger partial charge is 0.491 e. The molecule has 0 saturated carbocycles. The highest BCUT2D eigenvalue weighted by atomic mass is 19.1. The fraction of sp³-hybridized carbons (Fsp3) is 0.333. The van der Waals surface area contributed by atoms with Gasteiger partial charge in [0.2, 0.25) is 0 Å². The van der Waals surface area contributed by atoms with Crippen LogP contribution in [0.25, 0.3) is 0 Å². The summed E-state index contributed by atoms with van der Waals surface area (Å²) in [6.07, 6.45) is 0.769. The standard InChI is InChI=1S/C9H12BFO3/c1-2-6-14-8-5-3-4-7(9(8)11)10(12)13/h3-5,12-13H,2,6H2,1H3. The molecule has 14 heavy (non-hydrogen) atoms. The minimum atomic E-state index is -1.81. The Kier molecular flexibility index (Phi) is 3.91. The average Bonchev–Trinajstić information content (AvgIpc) is 2.16. The van der Waals surface area contributed by atoms with Crippen molar-refractivity contribution in [1.82, 2.24) is 0 Å². The van der Waals surface area contributed by atoms with Crippen LogP contribution in [0.3, 0.4) is 0 Å². The van der Waals surface area contributed by atoms with Gasteiger partial charge in [-0.3, -0.25) is 0 Å². The van der Waals surface area contributed by atoms with Gasteiger partial charge in [-0.15, -0.1) is 0 Å². The molecule has 2 N–H and O–H groups in total. The summed E-state index contributed by atoms with van der Waals surface area (Å²) < 4.78 is 18.5. The molecular formula is C9H12BFO3. The molecule has 0 aliphatic rings. The Morgan fingerprint density at radius 3 is 2.71 bits per heavy atom. The molecule has 0 amide bonds. The van der Waals surface area contributed by atoms with Crippen molar-refractivity contribution in [2.45, 2.75) is 13.3 Å². The maximum absolute atomic E-state index is 13.4. The van der Waals surface area contributed by atoms with E-state index in [1.54, 1.807) is 0 Å². The van der Waals surface area contributed by atoms with E-state index in [4.69, 9.17) is 14.8 Å². The molecule has 1 aromatic rings. The Balaban J connectivity index is 2.89. The molecule has 0 aromatic heterocycles. The van der Waals surface area contributed by atoms with Gasteiger partial charge in [-0.25, -0.2) is 4.39 Å². The molecule has 0 aliphatic heterocycles. The first-order chi connectivity index (χ1) is 6.66. The second-order valence-corrected chi connectivity index (χ2v) is 2.88. The van der Waals surface area contributed by atoms with Crippen LogP contribution in [0.1, 0.15) is 13.3 Å². The molecule has 0 saturated heterocycles. The van der Waals surface area contributed by atoms with Crippen molar-refractivity contribution in [2.24, 2.45) is 0 Å². The predicted octanol–water partition coefficient (Wildman–Crippen LogP) is 0.294. The van der Waals surface area contributed by atoms with Crippen LogP contribution in [0.5, 0.6) is 5.75 Å². The van der Waals surface area contributed by atoms with E-state index in [2.05, 4.69) is 0 Å². The molecule has 1 aromatic carbocycles. The van der Waals surface area contributed by atoms with Crippen molar-refractivity contribution in [3.63, 3.8) is 0 Å². The molecule has 0 fully saturated rings. The van der Waals surface area contributed by atoms with Crippen molar-refractivity contribution in [1.29, 1.82) is 0 Å². The van der Waals surface area contributed by atoms with E-state index >= 15 is 0 Å². The number of ether oxygens (including phenoxy) is 1. The van der Waals surface area contributed by atoms with Gasteiger partial charge in [-0.05, 0) is 12.5 Å². The van der Waals surface area contributed by atoms with Crippen LogP contribution >= 0.6 is 0 Å². The molecule has 0 heterocycles. The van der Waals surface area contributed by atoms with Gasteiger partial charge >= 0.3 is 7.12 Å². The second-order valence-electron chi connectivity index (χ2n) is 2.88. The van der Waals surface area contributed by atoms with Crippen molar-refractivity contribution >= 4 is 12.6 Å². The highest BCUT2D eigenvalue weighted by molar-refractivity contribution is 6.58. The lowest BCUT2D eigenvalue weighted by atomic mass is 9.80. The van der Waals surface area contributed by atoms with Crippen LogP contribution in [-0.2, 0) is 0 Å². The van der Waals surface area contributed by atoms with Crippen molar-refractivity contribution in [2.75, 3.05) is 6.61 Å². The summed E-state index contributed by atoms with van der Waals surface area (Å²) in [4.78, 5) is 0. The smallest absolute Gasteiger partial charge is 0.491 e. The summed E-state index contributed by atoms with van der Waals surface area (Å²) in [5.41, 5.74) is -0.168. The van der Waals surface area contributed by atoms with Gasteiger partial charge < -0.3 is 14.8 Å². The summed E-state index contributed by atoms with van der Waals surface area (Å²) in [5, 5.41) is 17.6. The summed E-state index contributed by atoms with van der Waals surface area (Å²) in [5.74, 6) is -0.659. The molecule has 3 nitrogen and oxygen atoms in total. The zero-order valence-corrected chi connectivity index (χ0v) is 7.90. The second kappa shape index (κ2) is 4.98. The zero-order chi connectivity index (χ0) is 10.6. The molecule has 0 spiro atoms. The third-order valence-electron chi connectivity index (χ3n) is 1.73. The fourth-order valence-corrected chi connectivity index (χ4v) is 1.05. The zero-order valence-electron chi connectivity index (χ0n) is 7.90. The van der Waals surface area contributed by atoms with E-state index in [0.717, 1.165) is 6.42 Å². The van der Waals surface area contributed by atoms with Gasteiger partial charge in [0.15, 0.2) is 11.6 Å². The summed E-state index contributed by atoms with van der Waals surface area (Å²) >= 11 is 0. The number of hydrogen-bond acceptors (Lipinski definition) is 3. The highest BCUT2D eigenvalue weighted by Gasteiger charge is 2.19. The average molecular weight is 198 g/mol. The van der Waals surface area contributed by atoms with Crippen molar-refractivity contribution in [3.05, 3.63) is 24.0 Å². The van der Waals surface area contributed by atoms with Gasteiger partial charge in [0.05, 0.1) is 6.61 Å². The van der Waals surface area contributed by atoms with Crippen molar-refractivity contribution in [3.8, 4) is 5.75 Å². The maximum atomic E-state index is 13.4. The van der Waals surface area contributed by atoms with E-state index in [9.17, 15) is 4.39 Å². The van der Waals surface area contributed by atoms with Crippen LogP contribution in [0, 0.1) is 5.82 Å². The van der Waals surface area contributed by atoms with Gasteiger partial charge in [0.25, 0.3) is 0 Å². The highest BCUT2D eigenvalue weighted by Crippen LogP contribution is 2.14. The molecule has 76 valence electrons. The van der Waals surface area contributed by atoms with E-state index in [1.807, 2.05) is 6.92 Å². The Morgan fingerprint density at radius 1 is 1.43 bits per heavy atom. The third-order valence-corrected chi connectivity index (χ3v) is 1.73. The predicted molar refractivity (Wildman–Crippen MR) is 52.0 cm³/mol. The maximum Gasteiger partial charge on any atom is 0.491 e. The molecule has 0 aliphatic carbocycles. The number of benzene rings is 1. The minimum Gasteiger partial charge on any atom is -0.491 e. The lowest BCUT2D eigenvalue weighted by Gasteiger charge is -2.08. The molecule has 5 heteroatoms. The topological polar surface area (TPSA) is 49.7 Å². The van der Waals surface area contributed by atoms with E-state index in [1.165, 1.54) is 18.2 Å². The van der Waals surface area contributed by atoms with E-state index in [0.29, 0.717) is 6.61 Å². The van der Waals surface area contributed by atoms with Gasteiger partial charge in [-0.2, -0.15) is 0 Å². The summed E-state index contributed by atoms with van der Waals surface area (Å²) in [6.45, 7) is 2.31. The number of hydrogen-bond donors (Lipinski definition) is 2. The minimum absolute atomic E-state index is 0.0532. The molecule has 1 rings (SSSR count). The van der Waals surface area contributed by atoms with Gasteiger partial charge in [0, 0.05) is 5.46 Å².